The molecule has 2 N–H and O–H groups in total. The highest BCUT2D eigenvalue weighted by molar-refractivity contribution is 5.97. The van der Waals surface area contributed by atoms with Crippen LogP contribution in [0.1, 0.15) is 23.2 Å². The van der Waals surface area contributed by atoms with Crippen LogP contribution in [0.25, 0.3) is 0 Å². The van der Waals surface area contributed by atoms with E-state index in [2.05, 4.69) is 10.6 Å². The summed E-state index contributed by atoms with van der Waals surface area (Å²) in [6, 6.07) is 0.715. The van der Waals surface area contributed by atoms with Gasteiger partial charge in [-0.3, -0.25) is 9.59 Å². The minimum Gasteiger partial charge on any atom is -0.354 e. The molecule has 0 aromatic heterocycles. The van der Waals surface area contributed by atoms with Crippen molar-refractivity contribution in [2.75, 3.05) is 6.54 Å². The number of benzene rings is 1. The van der Waals surface area contributed by atoms with Crippen molar-refractivity contribution < 1.29 is 22.8 Å². The molecule has 1 heterocycles. The van der Waals surface area contributed by atoms with Crippen LogP contribution in [0.3, 0.4) is 0 Å². The molecule has 102 valence electrons. The van der Waals surface area contributed by atoms with Gasteiger partial charge >= 0.3 is 0 Å². The molecule has 0 aliphatic carbocycles. The zero-order chi connectivity index (χ0) is 14.0. The van der Waals surface area contributed by atoms with E-state index in [0.29, 0.717) is 25.5 Å². The number of rotatable bonds is 2. The van der Waals surface area contributed by atoms with Crippen LogP contribution in [0.5, 0.6) is 0 Å². The van der Waals surface area contributed by atoms with E-state index in [9.17, 15) is 22.8 Å². The standard InChI is InChI=1S/C12H11F3N2O2/c13-7-4-3-6(9(14)10(7)15)11(18)17-8-2-1-5-16-12(8)19/h3-4,8H,1-2,5H2,(H,16,19)(H,17,18). The van der Waals surface area contributed by atoms with Gasteiger partial charge in [-0.2, -0.15) is 0 Å². The number of carbonyl (C=O) groups excluding carboxylic acids is 2. The van der Waals surface area contributed by atoms with Crippen LogP contribution < -0.4 is 10.6 Å². The SMILES string of the molecule is O=C(NC1CCCNC1=O)c1ccc(F)c(F)c1F. The van der Waals surface area contributed by atoms with Crippen LogP contribution in [-0.2, 0) is 4.79 Å². The molecule has 2 rings (SSSR count). The average molecular weight is 272 g/mol. The topological polar surface area (TPSA) is 58.2 Å². The van der Waals surface area contributed by atoms with E-state index in [4.69, 9.17) is 0 Å². The van der Waals surface area contributed by atoms with Gasteiger partial charge in [-0.25, -0.2) is 13.2 Å². The third-order valence-corrected chi connectivity index (χ3v) is 2.87. The molecule has 4 nitrogen and oxygen atoms in total. The molecule has 1 aromatic carbocycles. The van der Waals surface area contributed by atoms with Gasteiger partial charge in [0.1, 0.15) is 6.04 Å². The summed E-state index contributed by atoms with van der Waals surface area (Å²) in [5, 5.41) is 4.83. The first kappa shape index (κ1) is 13.4. The maximum atomic E-state index is 13.4. The van der Waals surface area contributed by atoms with Crippen molar-refractivity contribution >= 4 is 11.8 Å². The Morgan fingerprint density at radius 2 is 2.00 bits per heavy atom. The highest BCUT2D eigenvalue weighted by Gasteiger charge is 2.26. The molecular weight excluding hydrogens is 261 g/mol. The lowest BCUT2D eigenvalue weighted by atomic mass is 10.1. The molecule has 1 aliphatic heterocycles. The number of nitrogens with one attached hydrogen (secondary N) is 2. The Balaban J connectivity index is 2.16. The molecule has 7 heteroatoms. The third-order valence-electron chi connectivity index (χ3n) is 2.87. The van der Waals surface area contributed by atoms with Crippen LogP contribution in [0.4, 0.5) is 13.2 Å². The third kappa shape index (κ3) is 2.69. The Kier molecular flexibility index (Phi) is 3.73. The molecule has 1 unspecified atom stereocenters. The van der Waals surface area contributed by atoms with Gasteiger partial charge < -0.3 is 10.6 Å². The van der Waals surface area contributed by atoms with Gasteiger partial charge in [0.15, 0.2) is 17.5 Å². The molecule has 0 bridgehead atoms. The van der Waals surface area contributed by atoms with Gasteiger partial charge in [0.05, 0.1) is 5.56 Å². The predicted molar refractivity (Wildman–Crippen MR) is 59.8 cm³/mol. The van der Waals surface area contributed by atoms with E-state index >= 15 is 0 Å². The predicted octanol–water partition coefficient (Wildman–Crippen LogP) is 1.11. The van der Waals surface area contributed by atoms with Gasteiger partial charge in [0.25, 0.3) is 5.91 Å². The minimum atomic E-state index is -1.71. The molecule has 1 fully saturated rings. The smallest absolute Gasteiger partial charge is 0.255 e. The largest absolute Gasteiger partial charge is 0.354 e. The molecular formula is C12H11F3N2O2. The molecule has 1 saturated heterocycles. The minimum absolute atomic E-state index is 0.373. The highest BCUT2D eigenvalue weighted by atomic mass is 19.2. The number of piperidine rings is 1. The number of hydrogen-bond acceptors (Lipinski definition) is 2. The molecule has 1 aromatic rings. The summed E-state index contributed by atoms with van der Waals surface area (Å²) in [7, 11) is 0. The van der Waals surface area contributed by atoms with Gasteiger partial charge in [-0.15, -0.1) is 0 Å². The van der Waals surface area contributed by atoms with Crippen molar-refractivity contribution in [2.45, 2.75) is 18.9 Å². The van der Waals surface area contributed by atoms with Gasteiger partial charge in [0, 0.05) is 6.54 Å². The van der Waals surface area contributed by atoms with Crippen molar-refractivity contribution in [1.82, 2.24) is 10.6 Å². The average Bonchev–Trinajstić information content (AvgIpc) is 2.39. The summed E-state index contributed by atoms with van der Waals surface area (Å²) in [4.78, 5) is 23.1. The first-order valence-electron chi connectivity index (χ1n) is 5.73. The van der Waals surface area contributed by atoms with Gasteiger partial charge in [0.2, 0.25) is 5.91 Å². The van der Waals surface area contributed by atoms with Crippen molar-refractivity contribution in [3.63, 3.8) is 0 Å². The van der Waals surface area contributed by atoms with Crippen molar-refractivity contribution in [2.24, 2.45) is 0 Å². The lowest BCUT2D eigenvalue weighted by Crippen LogP contribution is -2.50. The Morgan fingerprint density at radius 3 is 2.68 bits per heavy atom. The number of carbonyl (C=O) groups is 2. The van der Waals surface area contributed by atoms with E-state index in [1.54, 1.807) is 0 Å². The molecule has 0 saturated carbocycles. The molecule has 0 spiro atoms. The van der Waals surface area contributed by atoms with E-state index in [-0.39, 0.29) is 5.91 Å². The lowest BCUT2D eigenvalue weighted by molar-refractivity contribution is -0.124. The summed E-state index contributed by atoms with van der Waals surface area (Å²) in [5.41, 5.74) is -0.628. The molecule has 0 radical (unpaired) electrons. The molecule has 1 atom stereocenters. The number of hydrogen-bond donors (Lipinski definition) is 2. The normalized spacial score (nSPS) is 18.9. The highest BCUT2D eigenvalue weighted by Crippen LogP contribution is 2.15. The Labute approximate surface area is 107 Å². The van der Waals surface area contributed by atoms with Crippen LogP contribution in [0.2, 0.25) is 0 Å². The second kappa shape index (κ2) is 5.29. The Bertz CT molecular complexity index is 534. The monoisotopic (exact) mass is 272 g/mol. The van der Waals surface area contributed by atoms with E-state index in [1.807, 2.05) is 0 Å². The summed E-state index contributed by atoms with van der Waals surface area (Å²) in [6.07, 6.45) is 1.10. The first-order valence-corrected chi connectivity index (χ1v) is 5.73. The van der Waals surface area contributed by atoms with Gasteiger partial charge in [-0.05, 0) is 25.0 Å². The molecule has 2 amide bonds. The number of halogens is 3. The second-order valence-corrected chi connectivity index (χ2v) is 4.18. The van der Waals surface area contributed by atoms with Crippen LogP contribution in [-0.4, -0.2) is 24.4 Å². The van der Waals surface area contributed by atoms with Crippen molar-refractivity contribution in [3.05, 3.63) is 35.1 Å². The zero-order valence-corrected chi connectivity index (χ0v) is 9.80. The summed E-state index contributed by atoms with van der Waals surface area (Å²) in [5.74, 6) is -5.96. The fourth-order valence-electron chi connectivity index (χ4n) is 1.85. The lowest BCUT2D eigenvalue weighted by Gasteiger charge is -2.22. The fraction of sp³-hybridized carbons (Fsp3) is 0.333. The van der Waals surface area contributed by atoms with E-state index in [0.717, 1.165) is 6.07 Å². The maximum absolute atomic E-state index is 13.4. The van der Waals surface area contributed by atoms with Gasteiger partial charge in [-0.1, -0.05) is 0 Å². The van der Waals surface area contributed by atoms with E-state index < -0.39 is 35.0 Å². The van der Waals surface area contributed by atoms with Crippen molar-refractivity contribution in [1.29, 1.82) is 0 Å². The second-order valence-electron chi connectivity index (χ2n) is 4.18. The van der Waals surface area contributed by atoms with Crippen LogP contribution in [0, 0.1) is 17.5 Å². The Hall–Kier alpha value is -2.05. The molecule has 1 aliphatic rings. The Morgan fingerprint density at radius 1 is 1.26 bits per heavy atom. The molecule has 19 heavy (non-hydrogen) atoms. The maximum Gasteiger partial charge on any atom is 0.255 e. The quantitative estimate of drug-likeness (QED) is 0.792. The first-order chi connectivity index (χ1) is 9.00. The van der Waals surface area contributed by atoms with Crippen molar-refractivity contribution in [3.8, 4) is 0 Å². The summed E-state index contributed by atoms with van der Waals surface area (Å²) in [6.45, 7) is 0.519. The summed E-state index contributed by atoms with van der Waals surface area (Å²) >= 11 is 0. The number of amides is 2. The summed E-state index contributed by atoms with van der Waals surface area (Å²) < 4.78 is 39.1. The van der Waals surface area contributed by atoms with Crippen LogP contribution >= 0.6 is 0 Å². The zero-order valence-electron chi connectivity index (χ0n) is 9.80. The fourth-order valence-corrected chi connectivity index (χ4v) is 1.85. The van der Waals surface area contributed by atoms with Crippen LogP contribution in [0.15, 0.2) is 12.1 Å². The van der Waals surface area contributed by atoms with E-state index in [1.165, 1.54) is 0 Å².